The van der Waals surface area contributed by atoms with Crippen molar-refractivity contribution in [2.75, 3.05) is 18.9 Å². The molecule has 0 saturated carbocycles. The maximum Gasteiger partial charge on any atom is 0.0640 e. The molecule has 3 atom stereocenters. The molecule has 0 amide bonds. The van der Waals surface area contributed by atoms with E-state index in [-0.39, 0.29) is 0 Å². The van der Waals surface area contributed by atoms with Crippen molar-refractivity contribution in [1.29, 1.82) is 0 Å². The number of likely N-dealkylation sites (tertiary alicyclic amines) is 1. The van der Waals surface area contributed by atoms with Crippen LogP contribution in [0.5, 0.6) is 0 Å². The Balaban J connectivity index is 2.08. The molecule has 1 N–H and O–H groups in total. The SMILES string of the molecule is Cc1ccc(NC2CC(C)N(C)CC2C)c(Cl)c1. The lowest BCUT2D eigenvalue weighted by Gasteiger charge is -2.40. The first kappa shape index (κ1) is 13.7. The summed E-state index contributed by atoms with van der Waals surface area (Å²) in [7, 11) is 2.20. The second kappa shape index (κ2) is 5.50. The van der Waals surface area contributed by atoms with Gasteiger partial charge in [-0.2, -0.15) is 0 Å². The Kier molecular flexibility index (Phi) is 4.18. The third-order valence-electron chi connectivity index (χ3n) is 4.08. The number of hydrogen-bond acceptors (Lipinski definition) is 2. The van der Waals surface area contributed by atoms with Gasteiger partial charge in [-0.1, -0.05) is 24.6 Å². The first-order valence-corrected chi connectivity index (χ1v) is 7.08. The Morgan fingerprint density at radius 1 is 1.33 bits per heavy atom. The number of anilines is 1. The minimum Gasteiger partial charge on any atom is -0.381 e. The highest BCUT2D eigenvalue weighted by Crippen LogP contribution is 2.28. The van der Waals surface area contributed by atoms with Gasteiger partial charge in [-0.15, -0.1) is 0 Å². The Labute approximate surface area is 115 Å². The van der Waals surface area contributed by atoms with E-state index in [1.807, 2.05) is 6.07 Å². The second-order valence-corrected chi connectivity index (χ2v) is 6.14. The Morgan fingerprint density at radius 3 is 2.72 bits per heavy atom. The summed E-state index contributed by atoms with van der Waals surface area (Å²) in [5.74, 6) is 0.642. The van der Waals surface area contributed by atoms with E-state index in [2.05, 4.69) is 50.2 Å². The average Bonchev–Trinajstić information content (AvgIpc) is 2.29. The molecule has 3 heteroatoms. The van der Waals surface area contributed by atoms with Crippen LogP contribution in [0.3, 0.4) is 0 Å². The number of benzene rings is 1. The van der Waals surface area contributed by atoms with Crippen LogP contribution < -0.4 is 5.32 Å². The molecule has 1 aliphatic heterocycles. The number of halogens is 1. The molecule has 2 nitrogen and oxygen atoms in total. The van der Waals surface area contributed by atoms with E-state index in [9.17, 15) is 0 Å². The minimum absolute atomic E-state index is 0.511. The molecule has 0 aliphatic carbocycles. The van der Waals surface area contributed by atoms with Gasteiger partial charge in [-0.25, -0.2) is 0 Å². The van der Waals surface area contributed by atoms with Crippen molar-refractivity contribution in [3.8, 4) is 0 Å². The summed E-state index contributed by atoms with van der Waals surface area (Å²) in [5, 5.41) is 4.45. The normalized spacial score (nSPS) is 29.3. The molecule has 0 aromatic heterocycles. The van der Waals surface area contributed by atoms with E-state index in [0.29, 0.717) is 18.0 Å². The molecule has 1 aromatic rings. The molecule has 1 fully saturated rings. The molecule has 0 radical (unpaired) electrons. The largest absolute Gasteiger partial charge is 0.381 e. The van der Waals surface area contributed by atoms with Crippen LogP contribution in [0.25, 0.3) is 0 Å². The lowest BCUT2D eigenvalue weighted by Crippen LogP contribution is -2.48. The monoisotopic (exact) mass is 266 g/mol. The molecular weight excluding hydrogens is 244 g/mol. The van der Waals surface area contributed by atoms with Crippen molar-refractivity contribution in [2.45, 2.75) is 39.3 Å². The predicted molar refractivity (Wildman–Crippen MR) is 79.5 cm³/mol. The van der Waals surface area contributed by atoms with Gasteiger partial charge in [-0.05, 0) is 50.9 Å². The maximum absolute atomic E-state index is 6.29. The summed E-state index contributed by atoms with van der Waals surface area (Å²) in [6.45, 7) is 7.80. The first-order valence-electron chi connectivity index (χ1n) is 6.70. The van der Waals surface area contributed by atoms with Crippen molar-refractivity contribution < 1.29 is 0 Å². The van der Waals surface area contributed by atoms with E-state index in [0.717, 1.165) is 17.3 Å². The quantitative estimate of drug-likeness (QED) is 0.876. The van der Waals surface area contributed by atoms with Gasteiger partial charge >= 0.3 is 0 Å². The van der Waals surface area contributed by atoms with Gasteiger partial charge < -0.3 is 10.2 Å². The van der Waals surface area contributed by atoms with Gasteiger partial charge in [0.15, 0.2) is 0 Å². The van der Waals surface area contributed by atoms with Crippen molar-refractivity contribution in [2.24, 2.45) is 5.92 Å². The van der Waals surface area contributed by atoms with E-state index in [4.69, 9.17) is 11.6 Å². The van der Waals surface area contributed by atoms with Crippen molar-refractivity contribution in [3.63, 3.8) is 0 Å². The zero-order valence-corrected chi connectivity index (χ0v) is 12.5. The van der Waals surface area contributed by atoms with Gasteiger partial charge in [0.1, 0.15) is 0 Å². The smallest absolute Gasteiger partial charge is 0.0640 e. The molecule has 1 heterocycles. The Morgan fingerprint density at radius 2 is 2.06 bits per heavy atom. The Bertz CT molecular complexity index is 419. The van der Waals surface area contributed by atoms with Gasteiger partial charge in [-0.3, -0.25) is 0 Å². The fraction of sp³-hybridized carbons (Fsp3) is 0.600. The van der Waals surface area contributed by atoms with Gasteiger partial charge in [0.25, 0.3) is 0 Å². The van der Waals surface area contributed by atoms with Crippen LogP contribution in [0.2, 0.25) is 5.02 Å². The summed E-state index contributed by atoms with van der Waals surface area (Å²) in [4.78, 5) is 2.43. The maximum atomic E-state index is 6.29. The van der Waals surface area contributed by atoms with Crippen molar-refractivity contribution >= 4 is 17.3 Å². The van der Waals surface area contributed by atoms with Crippen LogP contribution in [0.1, 0.15) is 25.8 Å². The summed E-state index contributed by atoms with van der Waals surface area (Å²) in [6.07, 6.45) is 1.17. The predicted octanol–water partition coefficient (Wildman–Crippen LogP) is 3.79. The molecule has 3 unspecified atom stereocenters. The van der Waals surface area contributed by atoms with Crippen molar-refractivity contribution in [3.05, 3.63) is 28.8 Å². The minimum atomic E-state index is 0.511. The van der Waals surface area contributed by atoms with E-state index in [1.165, 1.54) is 12.0 Å². The average molecular weight is 267 g/mol. The highest BCUT2D eigenvalue weighted by atomic mass is 35.5. The number of nitrogens with one attached hydrogen (secondary N) is 1. The zero-order chi connectivity index (χ0) is 13.3. The lowest BCUT2D eigenvalue weighted by molar-refractivity contribution is 0.145. The molecule has 0 spiro atoms. The number of nitrogens with zero attached hydrogens (tertiary/aromatic N) is 1. The highest BCUT2D eigenvalue weighted by molar-refractivity contribution is 6.33. The van der Waals surface area contributed by atoms with E-state index >= 15 is 0 Å². The fourth-order valence-corrected chi connectivity index (χ4v) is 2.97. The van der Waals surface area contributed by atoms with E-state index in [1.54, 1.807) is 0 Å². The van der Waals surface area contributed by atoms with Gasteiger partial charge in [0.2, 0.25) is 0 Å². The van der Waals surface area contributed by atoms with Crippen LogP contribution in [0, 0.1) is 12.8 Å². The molecule has 18 heavy (non-hydrogen) atoms. The number of piperidine rings is 1. The standard InChI is InChI=1S/C15H23ClN2/c1-10-5-6-14(13(16)7-10)17-15-8-12(3)18(4)9-11(15)2/h5-7,11-12,15,17H,8-9H2,1-4H3. The van der Waals surface area contributed by atoms with Crippen LogP contribution >= 0.6 is 11.6 Å². The summed E-state index contributed by atoms with van der Waals surface area (Å²) >= 11 is 6.29. The molecule has 1 saturated heterocycles. The number of rotatable bonds is 2. The second-order valence-electron chi connectivity index (χ2n) is 5.74. The number of hydrogen-bond donors (Lipinski definition) is 1. The van der Waals surface area contributed by atoms with Crippen LogP contribution in [0.15, 0.2) is 18.2 Å². The zero-order valence-electron chi connectivity index (χ0n) is 11.7. The lowest BCUT2D eigenvalue weighted by atomic mass is 9.89. The summed E-state index contributed by atoms with van der Waals surface area (Å²) in [5.41, 5.74) is 2.27. The molecule has 2 rings (SSSR count). The molecular formula is C15H23ClN2. The summed E-state index contributed by atoms with van der Waals surface area (Å²) in [6, 6.07) is 7.36. The molecule has 1 aliphatic rings. The highest BCUT2D eigenvalue weighted by Gasteiger charge is 2.28. The van der Waals surface area contributed by atoms with E-state index < -0.39 is 0 Å². The van der Waals surface area contributed by atoms with Crippen LogP contribution in [0.4, 0.5) is 5.69 Å². The third-order valence-corrected chi connectivity index (χ3v) is 4.39. The molecule has 0 bridgehead atoms. The molecule has 100 valence electrons. The first-order chi connectivity index (χ1) is 8.47. The number of aryl methyl sites for hydroxylation is 1. The summed E-state index contributed by atoms with van der Waals surface area (Å²) < 4.78 is 0. The Hall–Kier alpha value is -0.730. The van der Waals surface area contributed by atoms with Gasteiger partial charge in [0.05, 0.1) is 10.7 Å². The van der Waals surface area contributed by atoms with Crippen LogP contribution in [-0.2, 0) is 0 Å². The molecule has 1 aromatic carbocycles. The fourth-order valence-electron chi connectivity index (χ4n) is 2.68. The van der Waals surface area contributed by atoms with Crippen molar-refractivity contribution in [1.82, 2.24) is 4.90 Å². The van der Waals surface area contributed by atoms with Crippen LogP contribution in [-0.4, -0.2) is 30.6 Å². The third kappa shape index (κ3) is 2.99. The van der Waals surface area contributed by atoms with Gasteiger partial charge in [0, 0.05) is 18.6 Å². The topological polar surface area (TPSA) is 15.3 Å².